The summed E-state index contributed by atoms with van der Waals surface area (Å²) in [5, 5.41) is 3.36. The van der Waals surface area contributed by atoms with Gasteiger partial charge in [-0.1, -0.05) is 15.9 Å². The number of carbonyl (C=O) groups is 1. The standard InChI is InChI=1S/C13H11BrN2O3S/c1-2-16-12(17)9(15-13(16)20)3-7-4-10-11(5-8(7)14)19-6-18-10/h3-5H,2,6H2,1H3,(H,15,20). The number of likely N-dealkylation sites (N-methyl/N-ethyl adjacent to an activating group) is 1. The molecule has 7 heteroatoms. The Morgan fingerprint density at radius 1 is 1.45 bits per heavy atom. The van der Waals surface area contributed by atoms with Crippen LogP contribution in [0, 0.1) is 0 Å². The number of rotatable bonds is 2. The lowest BCUT2D eigenvalue weighted by molar-refractivity contribution is -0.122. The van der Waals surface area contributed by atoms with E-state index in [1.54, 1.807) is 6.08 Å². The molecule has 0 atom stereocenters. The SMILES string of the molecule is CCN1C(=O)C(=Cc2cc3c(cc2Br)OCO3)NC1=S. The van der Waals surface area contributed by atoms with Crippen LogP contribution in [0.3, 0.4) is 0 Å². The van der Waals surface area contributed by atoms with Crippen molar-refractivity contribution >= 4 is 45.2 Å². The largest absolute Gasteiger partial charge is 0.454 e. The highest BCUT2D eigenvalue weighted by Gasteiger charge is 2.29. The third kappa shape index (κ3) is 2.16. The molecule has 0 unspecified atom stereocenters. The maximum atomic E-state index is 12.1. The van der Waals surface area contributed by atoms with Crippen LogP contribution in [0.25, 0.3) is 6.08 Å². The van der Waals surface area contributed by atoms with Crippen molar-refractivity contribution in [2.24, 2.45) is 0 Å². The molecule has 2 aliphatic rings. The molecule has 20 heavy (non-hydrogen) atoms. The van der Waals surface area contributed by atoms with E-state index in [2.05, 4.69) is 21.2 Å². The first kappa shape index (κ1) is 13.4. The molecule has 0 aliphatic carbocycles. The Balaban J connectivity index is 1.97. The van der Waals surface area contributed by atoms with Crippen LogP contribution in [0.2, 0.25) is 0 Å². The van der Waals surface area contributed by atoms with Crippen molar-refractivity contribution in [2.75, 3.05) is 13.3 Å². The quantitative estimate of drug-likeness (QED) is 0.652. The van der Waals surface area contributed by atoms with E-state index < -0.39 is 0 Å². The number of halogens is 1. The first-order valence-corrected chi connectivity index (χ1v) is 7.24. The average molecular weight is 355 g/mol. The third-order valence-electron chi connectivity index (χ3n) is 3.07. The molecule has 0 aromatic heterocycles. The molecule has 2 heterocycles. The lowest BCUT2D eigenvalue weighted by atomic mass is 10.1. The molecule has 2 aliphatic heterocycles. The van der Waals surface area contributed by atoms with Gasteiger partial charge in [-0.15, -0.1) is 0 Å². The molecule has 5 nitrogen and oxygen atoms in total. The lowest BCUT2D eigenvalue weighted by Gasteiger charge is -2.08. The van der Waals surface area contributed by atoms with Crippen molar-refractivity contribution < 1.29 is 14.3 Å². The Kier molecular flexibility index (Phi) is 3.39. The summed E-state index contributed by atoms with van der Waals surface area (Å²) in [6.07, 6.45) is 1.75. The van der Waals surface area contributed by atoms with Gasteiger partial charge in [0.15, 0.2) is 16.6 Å². The summed E-state index contributed by atoms with van der Waals surface area (Å²) >= 11 is 8.58. The number of carbonyl (C=O) groups excluding carboxylic acids is 1. The number of benzene rings is 1. The summed E-state index contributed by atoms with van der Waals surface area (Å²) in [6, 6.07) is 3.65. The average Bonchev–Trinajstić information content (AvgIpc) is 2.95. The minimum Gasteiger partial charge on any atom is -0.454 e. The molecule has 1 aromatic rings. The fraction of sp³-hybridized carbons (Fsp3) is 0.231. The van der Waals surface area contributed by atoms with Gasteiger partial charge in [0.05, 0.1) is 0 Å². The Morgan fingerprint density at radius 3 is 2.80 bits per heavy atom. The summed E-state index contributed by atoms with van der Waals surface area (Å²) in [4.78, 5) is 13.6. The zero-order chi connectivity index (χ0) is 14.3. The van der Waals surface area contributed by atoms with Crippen LogP contribution in [0.1, 0.15) is 12.5 Å². The smallest absolute Gasteiger partial charge is 0.276 e. The summed E-state index contributed by atoms with van der Waals surface area (Å²) in [5.74, 6) is 1.23. The molecule has 1 aromatic carbocycles. The Labute approximate surface area is 129 Å². The van der Waals surface area contributed by atoms with Gasteiger partial charge in [-0.05, 0) is 42.9 Å². The molecule has 1 saturated heterocycles. The van der Waals surface area contributed by atoms with E-state index in [4.69, 9.17) is 21.7 Å². The van der Waals surface area contributed by atoms with Crippen LogP contribution >= 0.6 is 28.1 Å². The molecule has 3 rings (SSSR count). The minimum absolute atomic E-state index is 0.123. The van der Waals surface area contributed by atoms with Gasteiger partial charge in [0, 0.05) is 11.0 Å². The summed E-state index contributed by atoms with van der Waals surface area (Å²) in [6.45, 7) is 2.64. The van der Waals surface area contributed by atoms with Crippen molar-refractivity contribution in [3.63, 3.8) is 0 Å². The second-order valence-corrected chi connectivity index (χ2v) is 5.51. The number of thiocarbonyl (C=S) groups is 1. The van der Waals surface area contributed by atoms with Gasteiger partial charge in [-0.2, -0.15) is 0 Å². The van der Waals surface area contributed by atoms with Crippen LogP contribution in [-0.4, -0.2) is 29.3 Å². The molecule has 1 amide bonds. The number of ether oxygens (including phenoxy) is 2. The van der Waals surface area contributed by atoms with E-state index in [9.17, 15) is 4.79 Å². The molecule has 0 spiro atoms. The fourth-order valence-corrected chi connectivity index (χ4v) is 2.82. The van der Waals surface area contributed by atoms with Crippen molar-refractivity contribution in [2.45, 2.75) is 6.92 Å². The molecule has 1 N–H and O–H groups in total. The van der Waals surface area contributed by atoms with Gasteiger partial charge < -0.3 is 14.8 Å². The number of fused-ring (bicyclic) bond motifs is 1. The topological polar surface area (TPSA) is 50.8 Å². The Bertz CT molecular complexity index is 645. The van der Waals surface area contributed by atoms with E-state index >= 15 is 0 Å². The van der Waals surface area contributed by atoms with Crippen LogP contribution in [0.4, 0.5) is 0 Å². The van der Waals surface area contributed by atoms with Gasteiger partial charge >= 0.3 is 0 Å². The van der Waals surface area contributed by atoms with Gasteiger partial charge in [-0.3, -0.25) is 9.69 Å². The number of nitrogens with one attached hydrogen (secondary N) is 1. The highest BCUT2D eigenvalue weighted by Crippen LogP contribution is 2.37. The van der Waals surface area contributed by atoms with Gasteiger partial charge in [0.1, 0.15) is 5.70 Å². The number of nitrogens with zero attached hydrogens (tertiary/aromatic N) is 1. The van der Waals surface area contributed by atoms with Gasteiger partial charge in [0.25, 0.3) is 5.91 Å². The predicted molar refractivity (Wildman–Crippen MR) is 81.4 cm³/mol. The van der Waals surface area contributed by atoms with E-state index in [-0.39, 0.29) is 12.7 Å². The first-order valence-electron chi connectivity index (χ1n) is 6.04. The molecule has 0 radical (unpaired) electrons. The highest BCUT2D eigenvalue weighted by molar-refractivity contribution is 9.10. The predicted octanol–water partition coefficient (Wildman–Crippen LogP) is 2.26. The monoisotopic (exact) mass is 354 g/mol. The maximum absolute atomic E-state index is 12.1. The van der Waals surface area contributed by atoms with Crippen molar-refractivity contribution in [1.29, 1.82) is 0 Å². The van der Waals surface area contributed by atoms with Crippen molar-refractivity contribution in [3.05, 3.63) is 27.9 Å². The molecular formula is C13H11BrN2O3S. The number of hydrogen-bond acceptors (Lipinski definition) is 4. The van der Waals surface area contributed by atoms with Crippen molar-refractivity contribution in [3.8, 4) is 11.5 Å². The van der Waals surface area contributed by atoms with Crippen LogP contribution in [0.15, 0.2) is 22.3 Å². The van der Waals surface area contributed by atoms with E-state index in [1.165, 1.54) is 4.90 Å². The maximum Gasteiger partial charge on any atom is 0.276 e. The van der Waals surface area contributed by atoms with Crippen LogP contribution in [-0.2, 0) is 4.79 Å². The Hall–Kier alpha value is -1.60. The van der Waals surface area contributed by atoms with E-state index in [1.807, 2.05) is 19.1 Å². The number of hydrogen-bond donors (Lipinski definition) is 1. The molecule has 1 fully saturated rings. The Morgan fingerprint density at radius 2 is 2.15 bits per heavy atom. The summed E-state index contributed by atoms with van der Waals surface area (Å²) in [7, 11) is 0. The fourth-order valence-electron chi connectivity index (χ4n) is 2.06. The van der Waals surface area contributed by atoms with E-state index in [0.717, 1.165) is 10.0 Å². The van der Waals surface area contributed by atoms with Gasteiger partial charge in [0.2, 0.25) is 6.79 Å². The van der Waals surface area contributed by atoms with Crippen LogP contribution < -0.4 is 14.8 Å². The minimum atomic E-state index is -0.123. The first-order chi connectivity index (χ1) is 9.60. The number of amides is 1. The van der Waals surface area contributed by atoms with Gasteiger partial charge in [-0.25, -0.2) is 0 Å². The van der Waals surface area contributed by atoms with Crippen LogP contribution in [0.5, 0.6) is 11.5 Å². The molecular weight excluding hydrogens is 344 g/mol. The third-order valence-corrected chi connectivity index (χ3v) is 4.08. The second-order valence-electron chi connectivity index (χ2n) is 4.26. The normalized spacial score (nSPS) is 18.9. The summed E-state index contributed by atoms with van der Waals surface area (Å²) in [5.41, 5.74) is 1.28. The van der Waals surface area contributed by atoms with E-state index in [0.29, 0.717) is 28.9 Å². The van der Waals surface area contributed by atoms with Crippen molar-refractivity contribution in [1.82, 2.24) is 10.2 Å². The molecule has 0 bridgehead atoms. The lowest BCUT2D eigenvalue weighted by Crippen LogP contribution is -2.30. The summed E-state index contributed by atoms with van der Waals surface area (Å²) < 4.78 is 11.5. The zero-order valence-electron chi connectivity index (χ0n) is 10.6. The zero-order valence-corrected chi connectivity index (χ0v) is 13.0. The molecule has 104 valence electrons. The molecule has 0 saturated carbocycles. The highest BCUT2D eigenvalue weighted by atomic mass is 79.9. The second kappa shape index (κ2) is 5.06.